The summed E-state index contributed by atoms with van der Waals surface area (Å²) in [5.41, 5.74) is 1.30. The van der Waals surface area contributed by atoms with Crippen LogP contribution in [0.2, 0.25) is 0 Å². The number of nitrogens with one attached hydrogen (secondary N) is 2. The van der Waals surface area contributed by atoms with Crippen molar-refractivity contribution in [3.63, 3.8) is 0 Å². The van der Waals surface area contributed by atoms with E-state index in [0.29, 0.717) is 22.3 Å². The first-order valence-electron chi connectivity index (χ1n) is 10.7. The zero-order valence-electron chi connectivity index (χ0n) is 19.1. The van der Waals surface area contributed by atoms with Crippen molar-refractivity contribution in [2.45, 2.75) is 18.1 Å². The van der Waals surface area contributed by atoms with Crippen LogP contribution in [0.5, 0.6) is 5.75 Å². The van der Waals surface area contributed by atoms with Gasteiger partial charge in [0.1, 0.15) is 5.75 Å². The molecule has 4 rings (SSSR count). The number of benzene rings is 3. The van der Waals surface area contributed by atoms with Gasteiger partial charge in [0.05, 0.1) is 18.9 Å². The van der Waals surface area contributed by atoms with Crippen molar-refractivity contribution < 1.29 is 14.3 Å². The topological polar surface area (TPSA) is 98.1 Å². The van der Waals surface area contributed by atoms with Crippen molar-refractivity contribution in [1.29, 1.82) is 0 Å². The van der Waals surface area contributed by atoms with Crippen LogP contribution in [0.3, 0.4) is 0 Å². The normalized spacial score (nSPS) is 11.7. The maximum absolute atomic E-state index is 12.6. The fraction of sp³-hybridized carbons (Fsp3) is 0.200. The average Bonchev–Trinajstić information content (AvgIpc) is 3.23. The Hall–Kier alpha value is -3.85. The van der Waals surface area contributed by atoms with Crippen molar-refractivity contribution in [2.75, 3.05) is 18.2 Å². The summed E-state index contributed by atoms with van der Waals surface area (Å²) < 4.78 is 6.91. The van der Waals surface area contributed by atoms with E-state index in [1.807, 2.05) is 56.4 Å². The third kappa shape index (κ3) is 5.20. The van der Waals surface area contributed by atoms with Gasteiger partial charge in [0.15, 0.2) is 11.0 Å². The van der Waals surface area contributed by atoms with Gasteiger partial charge in [-0.3, -0.25) is 9.59 Å². The summed E-state index contributed by atoms with van der Waals surface area (Å²) in [6.07, 6.45) is 0. The smallest absolute Gasteiger partial charge is 0.251 e. The Morgan fingerprint density at radius 2 is 1.76 bits per heavy atom. The Morgan fingerprint density at radius 1 is 1.03 bits per heavy atom. The van der Waals surface area contributed by atoms with Gasteiger partial charge in [0, 0.05) is 23.7 Å². The van der Waals surface area contributed by atoms with Crippen molar-refractivity contribution in [3.8, 4) is 5.75 Å². The third-order valence-corrected chi connectivity index (χ3v) is 6.37. The molecule has 1 atom stereocenters. The molecule has 1 aromatic heterocycles. The first-order chi connectivity index (χ1) is 16.5. The molecule has 0 unspecified atom stereocenters. The van der Waals surface area contributed by atoms with Crippen LogP contribution in [0, 0.1) is 0 Å². The van der Waals surface area contributed by atoms with Gasteiger partial charge in [-0.05, 0) is 42.6 Å². The number of ether oxygens (including phenoxy) is 1. The molecule has 9 heteroatoms. The van der Waals surface area contributed by atoms with Gasteiger partial charge in [-0.1, -0.05) is 48.2 Å². The molecule has 0 saturated carbocycles. The number of anilines is 1. The number of hydrogen-bond donors (Lipinski definition) is 2. The predicted molar refractivity (Wildman–Crippen MR) is 133 cm³/mol. The minimum absolute atomic E-state index is 0.133. The van der Waals surface area contributed by atoms with E-state index in [1.165, 1.54) is 11.8 Å². The number of carbonyl (C=O) groups excluding carboxylic acids is 2. The first-order valence-corrected chi connectivity index (χ1v) is 11.7. The van der Waals surface area contributed by atoms with Gasteiger partial charge in [-0.15, -0.1) is 10.2 Å². The highest BCUT2D eigenvalue weighted by molar-refractivity contribution is 7.99. The summed E-state index contributed by atoms with van der Waals surface area (Å²) in [5.74, 6) is 1.11. The molecular weight excluding hydrogens is 450 g/mol. The monoisotopic (exact) mass is 475 g/mol. The number of amides is 2. The molecule has 0 saturated heterocycles. The molecule has 8 nitrogen and oxygen atoms in total. The molecule has 4 aromatic rings. The molecule has 3 aromatic carbocycles. The summed E-state index contributed by atoms with van der Waals surface area (Å²) in [6.45, 7) is 1.84. The highest BCUT2D eigenvalue weighted by Gasteiger charge is 2.19. The number of fused-ring (bicyclic) bond motifs is 1. The quantitative estimate of drug-likeness (QED) is 0.371. The molecule has 0 aliphatic carbocycles. The van der Waals surface area contributed by atoms with Gasteiger partial charge >= 0.3 is 0 Å². The maximum atomic E-state index is 12.6. The molecule has 2 amide bonds. The van der Waals surface area contributed by atoms with Crippen molar-refractivity contribution >= 4 is 40.0 Å². The number of nitrogens with zero attached hydrogens (tertiary/aromatic N) is 3. The molecule has 0 aliphatic heterocycles. The van der Waals surface area contributed by atoms with Gasteiger partial charge in [-0.2, -0.15) is 0 Å². The molecule has 0 bridgehead atoms. The van der Waals surface area contributed by atoms with Crippen LogP contribution in [0.25, 0.3) is 10.8 Å². The molecule has 0 spiro atoms. The largest absolute Gasteiger partial charge is 0.497 e. The maximum Gasteiger partial charge on any atom is 0.251 e. The Labute approximate surface area is 201 Å². The minimum atomic E-state index is -0.369. The summed E-state index contributed by atoms with van der Waals surface area (Å²) >= 11 is 1.29. The first kappa shape index (κ1) is 23.3. The molecule has 0 aliphatic rings. The number of thioether (sulfide) groups is 1. The molecule has 34 heavy (non-hydrogen) atoms. The second kappa shape index (κ2) is 10.4. The van der Waals surface area contributed by atoms with E-state index in [4.69, 9.17) is 4.74 Å². The van der Waals surface area contributed by atoms with Gasteiger partial charge in [-0.25, -0.2) is 0 Å². The molecule has 174 valence electrons. The summed E-state index contributed by atoms with van der Waals surface area (Å²) in [5, 5.41) is 17.0. The van der Waals surface area contributed by atoms with Crippen LogP contribution in [0.15, 0.2) is 71.9 Å². The average molecular weight is 476 g/mol. The van der Waals surface area contributed by atoms with Crippen LogP contribution >= 0.6 is 11.8 Å². The Bertz CT molecular complexity index is 1310. The summed E-state index contributed by atoms with van der Waals surface area (Å²) in [4.78, 5) is 25.1. The Kier molecular flexibility index (Phi) is 7.12. The fourth-order valence-corrected chi connectivity index (χ4v) is 4.28. The molecule has 2 N–H and O–H groups in total. The zero-order valence-corrected chi connectivity index (χ0v) is 19.9. The number of hydrogen-bond acceptors (Lipinski definition) is 6. The molecule has 0 radical (unpaired) electrons. The van der Waals surface area contributed by atoms with Crippen molar-refractivity contribution in [3.05, 3.63) is 78.1 Å². The van der Waals surface area contributed by atoms with Crippen molar-refractivity contribution in [1.82, 2.24) is 20.1 Å². The fourth-order valence-electron chi connectivity index (χ4n) is 3.57. The van der Waals surface area contributed by atoms with Crippen LogP contribution in [-0.4, -0.2) is 39.4 Å². The molecule has 1 heterocycles. The number of carbonyl (C=O) groups is 2. The number of aromatic nitrogens is 3. The van der Waals surface area contributed by atoms with E-state index in [1.54, 1.807) is 35.9 Å². The van der Waals surface area contributed by atoms with Gasteiger partial charge in [0.25, 0.3) is 5.91 Å². The second-order valence-electron chi connectivity index (χ2n) is 7.69. The van der Waals surface area contributed by atoms with E-state index in [0.717, 1.165) is 16.5 Å². The van der Waals surface area contributed by atoms with Gasteiger partial charge in [0.2, 0.25) is 5.91 Å². The Balaban J connectivity index is 1.36. The molecule has 0 fully saturated rings. The van der Waals surface area contributed by atoms with Crippen molar-refractivity contribution in [2.24, 2.45) is 7.05 Å². The van der Waals surface area contributed by atoms with Gasteiger partial charge < -0.3 is 19.9 Å². The highest BCUT2D eigenvalue weighted by Crippen LogP contribution is 2.24. The van der Waals surface area contributed by atoms with Crippen LogP contribution < -0.4 is 15.4 Å². The van der Waals surface area contributed by atoms with E-state index in [2.05, 4.69) is 20.8 Å². The van der Waals surface area contributed by atoms with E-state index >= 15 is 0 Å². The Morgan fingerprint density at radius 3 is 2.53 bits per heavy atom. The standard InChI is InChI=1S/C25H25N5O3S/c1-16(26-24(32)18-11-13-19(33-3)14-12-18)23-28-29-25(30(23)2)34-15-22(31)27-21-10-6-8-17-7-4-5-9-20(17)21/h4-14,16H,15H2,1-3H3,(H,26,32)(H,27,31)/t16-/m1/s1. The lowest BCUT2D eigenvalue weighted by molar-refractivity contribution is -0.113. The predicted octanol–water partition coefficient (Wildman–Crippen LogP) is 4.20. The summed E-state index contributed by atoms with van der Waals surface area (Å²) in [6, 6.07) is 20.2. The zero-order chi connectivity index (χ0) is 24.1. The molecular formula is C25H25N5O3S. The van der Waals surface area contributed by atoms with E-state index in [-0.39, 0.29) is 23.6 Å². The van der Waals surface area contributed by atoms with E-state index in [9.17, 15) is 9.59 Å². The number of methoxy groups -OCH3 is 1. The third-order valence-electron chi connectivity index (χ3n) is 5.35. The van der Waals surface area contributed by atoms with Crippen LogP contribution in [0.1, 0.15) is 29.1 Å². The van der Waals surface area contributed by atoms with Crippen LogP contribution in [0.4, 0.5) is 5.69 Å². The van der Waals surface area contributed by atoms with Crippen LogP contribution in [-0.2, 0) is 11.8 Å². The number of rotatable bonds is 8. The lowest BCUT2D eigenvalue weighted by atomic mass is 10.1. The second-order valence-corrected chi connectivity index (χ2v) is 8.63. The lowest BCUT2D eigenvalue weighted by Gasteiger charge is -2.14. The SMILES string of the molecule is COc1ccc(C(=O)N[C@H](C)c2nnc(SCC(=O)Nc3cccc4ccccc34)n2C)cc1. The lowest BCUT2D eigenvalue weighted by Crippen LogP contribution is -2.28. The minimum Gasteiger partial charge on any atom is -0.497 e. The van der Waals surface area contributed by atoms with E-state index < -0.39 is 0 Å². The summed E-state index contributed by atoms with van der Waals surface area (Å²) in [7, 11) is 3.39. The highest BCUT2D eigenvalue weighted by atomic mass is 32.2.